The molecule has 0 radical (unpaired) electrons. The van der Waals surface area contributed by atoms with Gasteiger partial charge in [0, 0.05) is 25.0 Å². The summed E-state index contributed by atoms with van der Waals surface area (Å²) in [4.78, 5) is 11.3. The van der Waals surface area contributed by atoms with Crippen LogP contribution in [0, 0.1) is 0 Å². The molecule has 0 saturated heterocycles. The molecule has 5 nitrogen and oxygen atoms in total. The van der Waals surface area contributed by atoms with Crippen LogP contribution in [0.25, 0.3) is 0 Å². The Hall–Kier alpha value is -1.36. The Bertz CT molecular complexity index is 359. The molecule has 0 aromatic carbocycles. The SMILES string of the molecule is CC(CCn1cccn1)(NC1CC1)C(=O)O. The van der Waals surface area contributed by atoms with Gasteiger partial charge in [0.1, 0.15) is 5.54 Å². The third-order valence-corrected chi connectivity index (χ3v) is 2.97. The monoisotopic (exact) mass is 223 g/mol. The fraction of sp³-hybridized carbons (Fsp3) is 0.636. The van der Waals surface area contributed by atoms with Gasteiger partial charge < -0.3 is 5.11 Å². The lowest BCUT2D eigenvalue weighted by Gasteiger charge is -2.26. The van der Waals surface area contributed by atoms with Crippen molar-refractivity contribution in [3.05, 3.63) is 18.5 Å². The second-order valence-electron chi connectivity index (χ2n) is 4.58. The maximum Gasteiger partial charge on any atom is 0.323 e. The molecule has 0 amide bonds. The molecule has 1 atom stereocenters. The number of hydrogen-bond donors (Lipinski definition) is 2. The molecule has 1 unspecified atom stereocenters. The lowest BCUT2D eigenvalue weighted by atomic mass is 9.98. The number of carbonyl (C=O) groups is 1. The van der Waals surface area contributed by atoms with E-state index < -0.39 is 11.5 Å². The molecule has 1 heterocycles. The molecule has 1 aliphatic rings. The summed E-state index contributed by atoms with van der Waals surface area (Å²) in [5.41, 5.74) is -0.840. The molecule has 5 heteroatoms. The van der Waals surface area contributed by atoms with E-state index in [2.05, 4.69) is 10.4 Å². The summed E-state index contributed by atoms with van der Waals surface area (Å²) < 4.78 is 1.76. The highest BCUT2D eigenvalue weighted by Crippen LogP contribution is 2.24. The van der Waals surface area contributed by atoms with Gasteiger partial charge in [-0.2, -0.15) is 5.10 Å². The summed E-state index contributed by atoms with van der Waals surface area (Å²) >= 11 is 0. The average molecular weight is 223 g/mol. The second kappa shape index (κ2) is 4.25. The van der Waals surface area contributed by atoms with Gasteiger partial charge in [0.2, 0.25) is 0 Å². The van der Waals surface area contributed by atoms with E-state index >= 15 is 0 Å². The fourth-order valence-electron chi connectivity index (χ4n) is 1.69. The molecule has 1 fully saturated rings. The first-order valence-corrected chi connectivity index (χ1v) is 5.59. The highest BCUT2D eigenvalue weighted by molar-refractivity contribution is 5.78. The summed E-state index contributed by atoms with van der Waals surface area (Å²) in [6.07, 6.45) is 6.27. The smallest absolute Gasteiger partial charge is 0.323 e. The summed E-state index contributed by atoms with van der Waals surface area (Å²) in [6.45, 7) is 2.37. The molecular weight excluding hydrogens is 206 g/mol. The molecule has 1 aliphatic carbocycles. The number of aromatic nitrogens is 2. The summed E-state index contributed by atoms with van der Waals surface area (Å²) in [5, 5.41) is 16.5. The van der Waals surface area contributed by atoms with Crippen LogP contribution in [0.3, 0.4) is 0 Å². The highest BCUT2D eigenvalue weighted by atomic mass is 16.4. The minimum absolute atomic E-state index is 0.388. The van der Waals surface area contributed by atoms with E-state index in [0.717, 1.165) is 12.8 Å². The van der Waals surface area contributed by atoms with Crippen LogP contribution in [0.15, 0.2) is 18.5 Å². The van der Waals surface area contributed by atoms with Crippen LogP contribution in [-0.4, -0.2) is 32.4 Å². The Balaban J connectivity index is 1.93. The summed E-state index contributed by atoms with van der Waals surface area (Å²) in [7, 11) is 0. The molecule has 1 aromatic rings. The van der Waals surface area contributed by atoms with Gasteiger partial charge in [-0.15, -0.1) is 0 Å². The average Bonchev–Trinajstić information content (AvgIpc) is 2.89. The molecule has 16 heavy (non-hydrogen) atoms. The molecule has 2 N–H and O–H groups in total. The van der Waals surface area contributed by atoms with E-state index in [4.69, 9.17) is 0 Å². The van der Waals surface area contributed by atoms with Crippen LogP contribution in [0.5, 0.6) is 0 Å². The highest BCUT2D eigenvalue weighted by Gasteiger charge is 2.38. The topological polar surface area (TPSA) is 67.2 Å². The zero-order valence-corrected chi connectivity index (χ0v) is 9.39. The summed E-state index contributed by atoms with van der Waals surface area (Å²) in [6, 6.07) is 2.23. The van der Waals surface area contributed by atoms with Crippen molar-refractivity contribution in [2.24, 2.45) is 0 Å². The first-order chi connectivity index (χ1) is 7.60. The van der Waals surface area contributed by atoms with E-state index in [0.29, 0.717) is 19.0 Å². The van der Waals surface area contributed by atoms with Crippen LogP contribution in [0.1, 0.15) is 26.2 Å². The molecule has 1 saturated carbocycles. The molecule has 1 aromatic heterocycles. The minimum Gasteiger partial charge on any atom is -0.480 e. The Morgan fingerprint density at radius 2 is 2.44 bits per heavy atom. The predicted octanol–water partition coefficient (Wildman–Crippen LogP) is 0.868. The second-order valence-corrected chi connectivity index (χ2v) is 4.58. The van der Waals surface area contributed by atoms with Crippen molar-refractivity contribution in [2.75, 3.05) is 0 Å². The van der Waals surface area contributed by atoms with E-state index in [1.807, 2.05) is 12.3 Å². The van der Waals surface area contributed by atoms with Crippen LogP contribution in [-0.2, 0) is 11.3 Å². The van der Waals surface area contributed by atoms with Crippen molar-refractivity contribution >= 4 is 5.97 Å². The number of nitrogens with one attached hydrogen (secondary N) is 1. The number of carboxylic acid groups (broad SMARTS) is 1. The van der Waals surface area contributed by atoms with Gasteiger partial charge in [-0.05, 0) is 32.3 Å². The fourth-order valence-corrected chi connectivity index (χ4v) is 1.69. The van der Waals surface area contributed by atoms with Crippen molar-refractivity contribution in [3.63, 3.8) is 0 Å². The lowest BCUT2D eigenvalue weighted by molar-refractivity contribution is -0.144. The predicted molar refractivity (Wildman–Crippen MR) is 59.0 cm³/mol. The van der Waals surface area contributed by atoms with Gasteiger partial charge in [0.05, 0.1) is 0 Å². The van der Waals surface area contributed by atoms with E-state index in [1.54, 1.807) is 17.8 Å². The number of nitrogens with zero attached hydrogens (tertiary/aromatic N) is 2. The first-order valence-electron chi connectivity index (χ1n) is 5.59. The van der Waals surface area contributed by atoms with Gasteiger partial charge in [0.15, 0.2) is 0 Å². The third kappa shape index (κ3) is 2.61. The van der Waals surface area contributed by atoms with Crippen LogP contribution in [0.2, 0.25) is 0 Å². The maximum atomic E-state index is 11.3. The van der Waals surface area contributed by atoms with Crippen LogP contribution in [0.4, 0.5) is 0 Å². The van der Waals surface area contributed by atoms with Gasteiger partial charge in [-0.3, -0.25) is 14.8 Å². The number of rotatable bonds is 6. The molecule has 0 bridgehead atoms. The molecule has 88 valence electrons. The normalized spacial score (nSPS) is 19.3. The Morgan fingerprint density at radius 3 is 2.94 bits per heavy atom. The Morgan fingerprint density at radius 1 is 1.69 bits per heavy atom. The van der Waals surface area contributed by atoms with E-state index in [-0.39, 0.29) is 0 Å². The van der Waals surface area contributed by atoms with Crippen LogP contribution >= 0.6 is 0 Å². The first kappa shape index (κ1) is 11.1. The lowest BCUT2D eigenvalue weighted by Crippen LogP contribution is -2.51. The molecule has 0 spiro atoms. The van der Waals surface area contributed by atoms with Crippen molar-refractivity contribution in [3.8, 4) is 0 Å². The molecular formula is C11H17N3O2. The van der Waals surface area contributed by atoms with Gasteiger partial charge in [-0.1, -0.05) is 0 Å². The standard InChI is InChI=1S/C11H17N3O2/c1-11(10(15)16,13-9-3-4-9)5-8-14-7-2-6-12-14/h2,6-7,9,13H,3-5,8H2,1H3,(H,15,16). The minimum atomic E-state index is -0.840. The molecule has 0 aliphatic heterocycles. The van der Waals surface area contributed by atoms with Crippen molar-refractivity contribution in [1.29, 1.82) is 0 Å². The zero-order chi connectivity index (χ0) is 11.6. The van der Waals surface area contributed by atoms with E-state index in [1.165, 1.54) is 0 Å². The number of carboxylic acids is 1. The van der Waals surface area contributed by atoms with Crippen LogP contribution < -0.4 is 5.32 Å². The number of aliphatic carboxylic acids is 1. The quantitative estimate of drug-likeness (QED) is 0.751. The van der Waals surface area contributed by atoms with Gasteiger partial charge >= 0.3 is 5.97 Å². The number of aryl methyl sites for hydroxylation is 1. The Kier molecular flexibility index (Phi) is 2.96. The molecule has 2 rings (SSSR count). The number of hydrogen-bond acceptors (Lipinski definition) is 3. The van der Waals surface area contributed by atoms with E-state index in [9.17, 15) is 9.90 Å². The van der Waals surface area contributed by atoms with Crippen molar-refractivity contribution in [1.82, 2.24) is 15.1 Å². The zero-order valence-electron chi connectivity index (χ0n) is 9.39. The van der Waals surface area contributed by atoms with Gasteiger partial charge in [0.25, 0.3) is 0 Å². The van der Waals surface area contributed by atoms with Crippen molar-refractivity contribution in [2.45, 2.75) is 44.3 Å². The Labute approximate surface area is 94.5 Å². The summed E-state index contributed by atoms with van der Waals surface area (Å²) in [5.74, 6) is -0.786. The maximum absolute atomic E-state index is 11.3. The van der Waals surface area contributed by atoms with Crippen molar-refractivity contribution < 1.29 is 9.90 Å². The van der Waals surface area contributed by atoms with Gasteiger partial charge in [-0.25, -0.2) is 0 Å². The largest absolute Gasteiger partial charge is 0.480 e. The third-order valence-electron chi connectivity index (χ3n) is 2.97.